The number of fused-ring (bicyclic) bond motifs is 1. The second-order valence-corrected chi connectivity index (χ2v) is 3.66. The molecule has 0 aliphatic carbocycles. The lowest BCUT2D eigenvalue weighted by Crippen LogP contribution is -2.08. The predicted molar refractivity (Wildman–Crippen MR) is 52.3 cm³/mol. The van der Waals surface area contributed by atoms with Crippen LogP contribution in [0.15, 0.2) is 0 Å². The van der Waals surface area contributed by atoms with Crippen LogP contribution in [0.1, 0.15) is 10.4 Å². The molecule has 9 heteroatoms. The number of benzene rings is 2. The van der Waals surface area contributed by atoms with Gasteiger partial charge in [0.15, 0.2) is 34.8 Å². The van der Waals surface area contributed by atoms with Crippen molar-refractivity contribution in [3.8, 4) is 5.75 Å². The van der Waals surface area contributed by atoms with Gasteiger partial charge in [0.1, 0.15) is 5.56 Å². The maximum atomic E-state index is 13.5. The van der Waals surface area contributed by atoms with Crippen molar-refractivity contribution in [1.29, 1.82) is 0 Å². The van der Waals surface area contributed by atoms with E-state index < -0.39 is 63.0 Å². The van der Waals surface area contributed by atoms with Gasteiger partial charge in [-0.1, -0.05) is 0 Å². The van der Waals surface area contributed by atoms with Crippen LogP contribution in [0.3, 0.4) is 0 Å². The van der Waals surface area contributed by atoms with E-state index in [1.807, 2.05) is 0 Å². The van der Waals surface area contributed by atoms with Crippen LogP contribution in [-0.2, 0) is 0 Å². The Hall–Kier alpha value is -2.45. The minimum absolute atomic E-state index is 1.61. The molecule has 2 aromatic carbocycles. The Labute approximate surface area is 105 Å². The van der Waals surface area contributed by atoms with E-state index in [4.69, 9.17) is 10.2 Å². The first-order chi connectivity index (χ1) is 9.20. The number of carboxylic acid groups (broad SMARTS) is 1. The van der Waals surface area contributed by atoms with E-state index in [1.165, 1.54) is 0 Å². The molecule has 2 rings (SSSR count). The third-order valence-corrected chi connectivity index (χ3v) is 2.59. The highest BCUT2D eigenvalue weighted by Crippen LogP contribution is 2.38. The smallest absolute Gasteiger partial charge is 0.340 e. The fourth-order valence-corrected chi connectivity index (χ4v) is 1.72. The number of carboxylic acids is 1. The van der Waals surface area contributed by atoms with Crippen molar-refractivity contribution >= 4 is 16.7 Å². The topological polar surface area (TPSA) is 57.5 Å². The van der Waals surface area contributed by atoms with E-state index in [0.29, 0.717) is 0 Å². The lowest BCUT2D eigenvalue weighted by atomic mass is 10.0. The molecule has 0 radical (unpaired) electrons. The summed E-state index contributed by atoms with van der Waals surface area (Å²) in [5.41, 5.74) is -1.62. The fraction of sp³-hybridized carbons (Fsp3) is 0. The van der Waals surface area contributed by atoms with Gasteiger partial charge in [-0.25, -0.2) is 26.7 Å². The summed E-state index contributed by atoms with van der Waals surface area (Å²) in [5.74, 6) is -17.9. The molecule has 0 saturated carbocycles. The second kappa shape index (κ2) is 4.29. The Morgan fingerprint density at radius 2 is 1.10 bits per heavy atom. The normalized spacial score (nSPS) is 11.1. The van der Waals surface area contributed by atoms with E-state index in [0.717, 1.165) is 0 Å². The summed E-state index contributed by atoms with van der Waals surface area (Å²) < 4.78 is 79.6. The van der Waals surface area contributed by atoms with Gasteiger partial charge in [-0.15, -0.1) is 0 Å². The zero-order valence-electron chi connectivity index (χ0n) is 9.07. The molecule has 2 N–H and O–H groups in total. The minimum Gasteiger partial charge on any atom is -0.504 e. The number of rotatable bonds is 1. The third-order valence-electron chi connectivity index (χ3n) is 2.59. The number of aromatic carboxylic acids is 1. The SMILES string of the molecule is O=C(O)c1c(O)c(F)c(F)c2c(F)c(F)c(F)c(F)c12. The molecule has 0 aliphatic heterocycles. The number of aromatic hydroxyl groups is 1. The van der Waals surface area contributed by atoms with Gasteiger partial charge in [0.05, 0.1) is 5.39 Å². The van der Waals surface area contributed by atoms with Crippen LogP contribution in [0, 0.1) is 34.9 Å². The maximum Gasteiger partial charge on any atom is 0.340 e. The van der Waals surface area contributed by atoms with Crippen LogP contribution in [0.25, 0.3) is 10.8 Å². The first-order valence-corrected chi connectivity index (χ1v) is 4.79. The maximum absolute atomic E-state index is 13.5. The van der Waals surface area contributed by atoms with E-state index in [9.17, 15) is 31.1 Å². The summed E-state index contributed by atoms with van der Waals surface area (Å²) >= 11 is 0. The van der Waals surface area contributed by atoms with Gasteiger partial charge >= 0.3 is 5.97 Å². The highest BCUT2D eigenvalue weighted by molar-refractivity contribution is 6.07. The Balaban J connectivity index is 3.27. The molecule has 0 aliphatic rings. The molecular formula is C11H2F6O3. The van der Waals surface area contributed by atoms with Crippen LogP contribution in [0.5, 0.6) is 5.75 Å². The minimum atomic E-state index is -2.43. The van der Waals surface area contributed by atoms with Gasteiger partial charge in [-0.05, 0) is 0 Å². The lowest BCUT2D eigenvalue weighted by Gasteiger charge is -2.11. The molecule has 106 valence electrons. The molecule has 20 heavy (non-hydrogen) atoms. The zero-order valence-corrected chi connectivity index (χ0v) is 9.07. The first-order valence-electron chi connectivity index (χ1n) is 4.79. The fourth-order valence-electron chi connectivity index (χ4n) is 1.72. The molecule has 0 bridgehead atoms. The Bertz CT molecular complexity index is 763. The predicted octanol–water partition coefficient (Wildman–Crippen LogP) is 3.08. The summed E-state index contributed by atoms with van der Waals surface area (Å²) in [5, 5.41) is 14.5. The molecule has 0 saturated heterocycles. The van der Waals surface area contributed by atoms with Gasteiger partial charge in [0, 0.05) is 5.39 Å². The molecule has 2 aromatic rings. The highest BCUT2D eigenvalue weighted by Gasteiger charge is 2.32. The van der Waals surface area contributed by atoms with Gasteiger partial charge in [-0.2, -0.15) is 4.39 Å². The molecule has 3 nitrogen and oxygen atoms in total. The van der Waals surface area contributed by atoms with Crippen molar-refractivity contribution in [2.24, 2.45) is 0 Å². The van der Waals surface area contributed by atoms with E-state index >= 15 is 0 Å². The number of halogens is 6. The first kappa shape index (κ1) is 14.0. The molecule has 0 fully saturated rings. The number of hydrogen-bond acceptors (Lipinski definition) is 2. The summed E-state index contributed by atoms with van der Waals surface area (Å²) in [6.45, 7) is 0. The highest BCUT2D eigenvalue weighted by atomic mass is 19.2. The molecule has 0 unspecified atom stereocenters. The molecule has 0 amide bonds. The molecule has 0 heterocycles. The molecular weight excluding hydrogens is 294 g/mol. The van der Waals surface area contributed by atoms with Gasteiger partial charge in [-0.3, -0.25) is 0 Å². The van der Waals surface area contributed by atoms with E-state index in [-0.39, 0.29) is 0 Å². The standard InChI is InChI=1S/C11H2F6O3/c12-4-1-2(5(13)8(16)7(4)15)6(14)9(17)10(18)3(1)11(19)20/h18H,(H,19,20). The van der Waals surface area contributed by atoms with E-state index in [1.54, 1.807) is 0 Å². The lowest BCUT2D eigenvalue weighted by molar-refractivity contribution is 0.0694. The van der Waals surface area contributed by atoms with Crippen molar-refractivity contribution in [3.63, 3.8) is 0 Å². The van der Waals surface area contributed by atoms with E-state index in [2.05, 4.69) is 0 Å². The largest absolute Gasteiger partial charge is 0.504 e. The monoisotopic (exact) mass is 296 g/mol. The zero-order chi connectivity index (χ0) is 15.4. The summed E-state index contributed by atoms with van der Waals surface area (Å²) in [4.78, 5) is 10.8. The van der Waals surface area contributed by atoms with Gasteiger partial charge in [0.2, 0.25) is 5.82 Å². The second-order valence-electron chi connectivity index (χ2n) is 3.66. The quantitative estimate of drug-likeness (QED) is 0.483. The third kappa shape index (κ3) is 1.59. The van der Waals surface area contributed by atoms with Crippen LogP contribution in [-0.4, -0.2) is 16.2 Å². The van der Waals surface area contributed by atoms with Gasteiger partial charge in [0.25, 0.3) is 0 Å². The Morgan fingerprint density at radius 1 is 0.700 bits per heavy atom. The van der Waals surface area contributed by atoms with Crippen molar-refractivity contribution in [1.82, 2.24) is 0 Å². The summed E-state index contributed by atoms with van der Waals surface area (Å²) in [6.07, 6.45) is 0. The van der Waals surface area contributed by atoms with Crippen molar-refractivity contribution in [2.75, 3.05) is 0 Å². The number of carbonyl (C=O) groups is 1. The van der Waals surface area contributed by atoms with Crippen LogP contribution >= 0.6 is 0 Å². The molecule has 0 atom stereocenters. The molecule has 0 aromatic heterocycles. The van der Waals surface area contributed by atoms with Crippen molar-refractivity contribution in [3.05, 3.63) is 40.5 Å². The van der Waals surface area contributed by atoms with Crippen molar-refractivity contribution < 1.29 is 41.4 Å². The average Bonchev–Trinajstić information content (AvgIpc) is 2.39. The van der Waals surface area contributed by atoms with Gasteiger partial charge < -0.3 is 10.2 Å². The Morgan fingerprint density at radius 3 is 1.55 bits per heavy atom. The van der Waals surface area contributed by atoms with Crippen LogP contribution < -0.4 is 0 Å². The summed E-state index contributed by atoms with van der Waals surface area (Å²) in [7, 11) is 0. The van der Waals surface area contributed by atoms with Crippen LogP contribution in [0.4, 0.5) is 26.3 Å². The van der Waals surface area contributed by atoms with Crippen LogP contribution in [0.2, 0.25) is 0 Å². The average molecular weight is 296 g/mol. The number of phenols is 1. The Kier molecular flexibility index (Phi) is 2.99. The molecule has 0 spiro atoms. The number of hydrogen-bond donors (Lipinski definition) is 2. The van der Waals surface area contributed by atoms with Crippen molar-refractivity contribution in [2.45, 2.75) is 0 Å². The summed E-state index contributed by atoms with van der Waals surface area (Å²) in [6, 6.07) is 0.